The number of hydrogen-bond acceptors (Lipinski definition) is 7. The third-order valence-corrected chi connectivity index (χ3v) is 7.38. The highest BCUT2D eigenvalue weighted by Crippen LogP contribution is 2.37. The van der Waals surface area contributed by atoms with Gasteiger partial charge < -0.3 is 15.4 Å². The fourth-order valence-corrected chi connectivity index (χ4v) is 5.59. The van der Waals surface area contributed by atoms with Crippen LogP contribution in [0.15, 0.2) is 12.1 Å². The van der Waals surface area contributed by atoms with Crippen molar-refractivity contribution in [3.8, 4) is 0 Å². The Labute approximate surface area is 212 Å². The van der Waals surface area contributed by atoms with E-state index in [1.165, 1.54) is 4.88 Å². The minimum atomic E-state index is -0.641. The predicted molar refractivity (Wildman–Crippen MR) is 130 cm³/mol. The molecule has 3 N–H and O–H groups in total. The molecule has 0 atom stereocenters. The van der Waals surface area contributed by atoms with Crippen molar-refractivity contribution in [2.24, 2.45) is 5.41 Å². The van der Waals surface area contributed by atoms with Gasteiger partial charge in [-0.15, -0.1) is 11.3 Å². The van der Waals surface area contributed by atoms with Gasteiger partial charge in [-0.2, -0.15) is 0 Å². The van der Waals surface area contributed by atoms with E-state index in [4.69, 9.17) is 4.74 Å². The highest BCUT2D eigenvalue weighted by molar-refractivity contribution is 7.11. The van der Waals surface area contributed by atoms with Gasteiger partial charge in [0.2, 0.25) is 11.8 Å². The van der Waals surface area contributed by atoms with E-state index in [-0.39, 0.29) is 41.5 Å². The molecule has 1 saturated heterocycles. The lowest BCUT2D eigenvalue weighted by atomic mass is 9.79. The maximum Gasteiger partial charge on any atom is 0.407 e. The number of alkyl carbamates (subject to hydrolysis) is 1. The van der Waals surface area contributed by atoms with Crippen LogP contribution >= 0.6 is 11.3 Å². The molecule has 1 aliphatic carbocycles. The van der Waals surface area contributed by atoms with Crippen LogP contribution in [0.3, 0.4) is 0 Å². The zero-order chi connectivity index (χ0) is 25.9. The molecule has 0 spiro atoms. The molecule has 0 unspecified atom stereocenters. The van der Waals surface area contributed by atoms with Gasteiger partial charge in [-0.25, -0.2) is 14.2 Å². The first-order chi connectivity index (χ1) is 17.1. The molecular formula is C25H29FN4O5S. The van der Waals surface area contributed by atoms with E-state index >= 15 is 0 Å². The molecule has 5 rings (SSSR count). The maximum atomic E-state index is 14.5. The number of halogens is 1. The van der Waals surface area contributed by atoms with Crippen LogP contribution in [0.4, 0.5) is 9.18 Å². The van der Waals surface area contributed by atoms with Crippen LogP contribution in [-0.2, 0) is 46.9 Å². The Kier molecular flexibility index (Phi) is 7.67. The molecule has 11 heteroatoms. The van der Waals surface area contributed by atoms with Crippen LogP contribution in [0.2, 0.25) is 0 Å². The lowest BCUT2D eigenvalue weighted by molar-refractivity contribution is -0.132. The first kappa shape index (κ1) is 25.7. The number of aryl methyl sites for hydroxylation is 1. The molecule has 0 saturated carbocycles. The van der Waals surface area contributed by atoms with Crippen LogP contribution in [0.1, 0.15) is 76.6 Å². The van der Waals surface area contributed by atoms with Crippen molar-refractivity contribution in [3.63, 3.8) is 0 Å². The molecule has 3 aliphatic rings. The Morgan fingerprint density at radius 1 is 1.19 bits per heavy atom. The van der Waals surface area contributed by atoms with Gasteiger partial charge in [-0.05, 0) is 36.7 Å². The summed E-state index contributed by atoms with van der Waals surface area (Å²) in [6.45, 7) is 4.88. The summed E-state index contributed by atoms with van der Waals surface area (Å²) in [5.41, 5.74) is 2.33. The third-order valence-electron chi connectivity index (χ3n) is 6.31. The summed E-state index contributed by atoms with van der Waals surface area (Å²) < 4.78 is 19.7. The van der Waals surface area contributed by atoms with E-state index in [0.29, 0.717) is 31.4 Å². The van der Waals surface area contributed by atoms with E-state index < -0.39 is 17.8 Å². The Hall–Kier alpha value is -3.34. The molecular weight excluding hydrogens is 487 g/mol. The molecule has 1 aromatic heterocycles. The largest absolute Gasteiger partial charge is 0.442 e. The number of rotatable bonds is 4. The average Bonchev–Trinajstić information content (AvgIpc) is 3.39. The summed E-state index contributed by atoms with van der Waals surface area (Å²) in [7, 11) is 0. The number of hydrogen-bond donors (Lipinski definition) is 3. The molecule has 192 valence electrons. The van der Waals surface area contributed by atoms with Gasteiger partial charge in [-0.3, -0.25) is 19.7 Å². The number of ether oxygens (including phenoxy) is 1. The number of thiazole rings is 1. The SMILES string of the molecule is CC1(C)CCc2nc(COC(=O)NCc3ccc4c(c3F)C(=O)NC4)sc2C1.O=C1CCCC(=O)N1. The van der Waals surface area contributed by atoms with E-state index in [1.807, 2.05) is 0 Å². The molecule has 1 fully saturated rings. The maximum absolute atomic E-state index is 14.5. The van der Waals surface area contributed by atoms with Crippen molar-refractivity contribution in [1.82, 2.24) is 20.9 Å². The Morgan fingerprint density at radius 3 is 2.64 bits per heavy atom. The second kappa shape index (κ2) is 10.7. The van der Waals surface area contributed by atoms with Gasteiger partial charge in [0.1, 0.15) is 17.4 Å². The topological polar surface area (TPSA) is 126 Å². The van der Waals surface area contributed by atoms with Crippen molar-refractivity contribution in [2.45, 2.75) is 72.1 Å². The standard InChI is InChI=1S/C20H22FN3O3S.C5H7NO2/c1-20(2)6-5-13-14(7-20)28-15(24-13)10-27-19(26)23-9-12-4-3-11-8-22-18(25)16(11)17(12)21;7-4-2-1-3-5(8)6-4/h3-4H,5-10H2,1-2H3,(H,22,25)(H,23,26);1-3H2,(H,6,7,8). The molecule has 1 aromatic carbocycles. The van der Waals surface area contributed by atoms with Crippen molar-refractivity contribution in [2.75, 3.05) is 0 Å². The number of piperidine rings is 1. The van der Waals surface area contributed by atoms with Crippen LogP contribution in [0, 0.1) is 11.2 Å². The van der Waals surface area contributed by atoms with E-state index in [9.17, 15) is 23.6 Å². The number of carbonyl (C=O) groups is 4. The molecule has 9 nitrogen and oxygen atoms in total. The number of fused-ring (bicyclic) bond motifs is 2. The van der Waals surface area contributed by atoms with Crippen molar-refractivity contribution < 1.29 is 28.3 Å². The Bertz CT molecular complexity index is 1200. The summed E-state index contributed by atoms with van der Waals surface area (Å²) in [6.07, 6.45) is 4.14. The normalized spacial score (nSPS) is 17.7. The zero-order valence-corrected chi connectivity index (χ0v) is 21.1. The van der Waals surface area contributed by atoms with E-state index in [1.54, 1.807) is 23.5 Å². The van der Waals surface area contributed by atoms with Gasteiger partial charge in [0.05, 0.1) is 11.3 Å². The van der Waals surface area contributed by atoms with Crippen LogP contribution in [0.5, 0.6) is 0 Å². The zero-order valence-electron chi connectivity index (χ0n) is 20.3. The van der Waals surface area contributed by atoms with Crippen LogP contribution < -0.4 is 16.0 Å². The fourth-order valence-electron chi connectivity index (χ4n) is 4.30. The predicted octanol–water partition coefficient (Wildman–Crippen LogP) is 3.28. The van der Waals surface area contributed by atoms with Crippen LogP contribution in [-0.4, -0.2) is 28.8 Å². The van der Waals surface area contributed by atoms with Crippen molar-refractivity contribution in [1.29, 1.82) is 0 Å². The summed E-state index contributed by atoms with van der Waals surface area (Å²) >= 11 is 1.59. The summed E-state index contributed by atoms with van der Waals surface area (Å²) in [4.78, 5) is 50.2. The third kappa shape index (κ3) is 6.26. The first-order valence-corrected chi connectivity index (χ1v) is 12.7. The van der Waals surface area contributed by atoms with Gasteiger partial charge in [0.25, 0.3) is 5.91 Å². The summed E-state index contributed by atoms with van der Waals surface area (Å²) in [5, 5.41) is 8.10. The quantitative estimate of drug-likeness (QED) is 0.536. The monoisotopic (exact) mass is 516 g/mol. The fraction of sp³-hybridized carbons (Fsp3) is 0.480. The number of aromatic nitrogens is 1. The number of imide groups is 1. The molecule has 36 heavy (non-hydrogen) atoms. The van der Waals surface area contributed by atoms with Gasteiger partial charge in [0.15, 0.2) is 0 Å². The lowest BCUT2D eigenvalue weighted by Gasteiger charge is -2.28. The molecule has 4 amide bonds. The molecule has 2 aliphatic heterocycles. The average molecular weight is 517 g/mol. The van der Waals surface area contributed by atoms with E-state index in [0.717, 1.165) is 30.0 Å². The number of carbonyl (C=O) groups excluding carboxylic acids is 4. The van der Waals surface area contributed by atoms with Gasteiger partial charge >= 0.3 is 6.09 Å². The highest BCUT2D eigenvalue weighted by Gasteiger charge is 2.28. The van der Waals surface area contributed by atoms with Gasteiger partial charge in [-0.1, -0.05) is 26.0 Å². The molecule has 3 heterocycles. The first-order valence-electron chi connectivity index (χ1n) is 11.9. The number of amides is 4. The molecule has 0 bridgehead atoms. The number of nitrogens with one attached hydrogen (secondary N) is 3. The van der Waals surface area contributed by atoms with Gasteiger partial charge in [0, 0.05) is 36.4 Å². The van der Waals surface area contributed by atoms with E-state index in [2.05, 4.69) is 34.8 Å². The highest BCUT2D eigenvalue weighted by atomic mass is 32.1. The Balaban J connectivity index is 0.000000325. The molecule has 0 radical (unpaired) electrons. The number of nitrogens with zero attached hydrogens (tertiary/aromatic N) is 1. The second-order valence-electron chi connectivity index (χ2n) is 9.83. The minimum absolute atomic E-state index is 0.0478. The minimum Gasteiger partial charge on any atom is -0.442 e. The van der Waals surface area contributed by atoms with Crippen LogP contribution in [0.25, 0.3) is 0 Å². The summed E-state index contributed by atoms with van der Waals surface area (Å²) in [6, 6.07) is 3.27. The summed E-state index contributed by atoms with van der Waals surface area (Å²) in [5.74, 6) is -1.29. The Morgan fingerprint density at radius 2 is 1.94 bits per heavy atom. The van der Waals surface area contributed by atoms with Crippen molar-refractivity contribution in [3.05, 3.63) is 50.2 Å². The second-order valence-corrected chi connectivity index (χ2v) is 11.0. The molecule has 2 aromatic rings. The number of benzene rings is 1. The smallest absolute Gasteiger partial charge is 0.407 e. The van der Waals surface area contributed by atoms with Crippen molar-refractivity contribution >= 4 is 35.2 Å². The lowest BCUT2D eigenvalue weighted by Crippen LogP contribution is -2.33.